The first-order chi connectivity index (χ1) is 8.25. The van der Waals surface area contributed by atoms with Crippen molar-refractivity contribution >= 4 is 11.8 Å². The number of nitrogens with one attached hydrogen (secondary N) is 2. The second-order valence-corrected chi connectivity index (χ2v) is 4.10. The largest absolute Gasteiger partial charge is 0.355 e. The highest BCUT2D eigenvalue weighted by Crippen LogP contribution is 2.10. The molecule has 1 aliphatic rings. The van der Waals surface area contributed by atoms with E-state index in [0.717, 1.165) is 0 Å². The normalized spacial score (nSPS) is 19.8. The van der Waals surface area contributed by atoms with Gasteiger partial charge in [-0.2, -0.15) is 5.10 Å². The van der Waals surface area contributed by atoms with E-state index in [1.807, 2.05) is 12.3 Å². The van der Waals surface area contributed by atoms with Crippen LogP contribution in [0.1, 0.15) is 12.8 Å². The van der Waals surface area contributed by atoms with E-state index in [-0.39, 0.29) is 17.7 Å². The van der Waals surface area contributed by atoms with Crippen LogP contribution in [0.15, 0.2) is 18.5 Å². The summed E-state index contributed by atoms with van der Waals surface area (Å²) >= 11 is 0. The number of aromatic nitrogens is 2. The molecule has 2 rings (SSSR count). The first-order valence-corrected chi connectivity index (χ1v) is 5.77. The lowest BCUT2D eigenvalue weighted by atomic mass is 9.98. The van der Waals surface area contributed by atoms with Crippen molar-refractivity contribution in [3.8, 4) is 0 Å². The van der Waals surface area contributed by atoms with Gasteiger partial charge in [-0.1, -0.05) is 0 Å². The van der Waals surface area contributed by atoms with E-state index < -0.39 is 0 Å². The molecular weight excluding hydrogens is 220 g/mol. The predicted octanol–water partition coefficient (Wildman–Crippen LogP) is -0.474. The highest BCUT2D eigenvalue weighted by Gasteiger charge is 2.23. The van der Waals surface area contributed by atoms with Crippen LogP contribution in [0.3, 0.4) is 0 Å². The van der Waals surface area contributed by atoms with Crippen molar-refractivity contribution < 1.29 is 9.59 Å². The van der Waals surface area contributed by atoms with Gasteiger partial charge in [0, 0.05) is 31.9 Å². The number of nitrogens with zero attached hydrogens (tertiary/aromatic N) is 2. The van der Waals surface area contributed by atoms with Crippen molar-refractivity contribution in [2.45, 2.75) is 19.4 Å². The molecule has 0 spiro atoms. The maximum absolute atomic E-state index is 11.7. The standard InChI is InChI=1S/C11H16N4O2/c16-10-3-2-9(8-13-10)11(17)12-5-7-15-6-1-4-14-15/h1,4,6,9H,2-3,5,7-8H2,(H,12,17)(H,13,16). The molecule has 17 heavy (non-hydrogen) atoms. The van der Waals surface area contributed by atoms with Crippen molar-refractivity contribution in [1.82, 2.24) is 20.4 Å². The van der Waals surface area contributed by atoms with Crippen LogP contribution in [0, 0.1) is 5.92 Å². The summed E-state index contributed by atoms with van der Waals surface area (Å²) < 4.78 is 1.77. The molecule has 1 atom stereocenters. The summed E-state index contributed by atoms with van der Waals surface area (Å²) in [5.41, 5.74) is 0. The zero-order chi connectivity index (χ0) is 12.1. The molecule has 0 aromatic carbocycles. The molecule has 0 aliphatic carbocycles. The van der Waals surface area contributed by atoms with Crippen LogP contribution in [-0.4, -0.2) is 34.7 Å². The van der Waals surface area contributed by atoms with E-state index in [9.17, 15) is 9.59 Å². The van der Waals surface area contributed by atoms with Gasteiger partial charge < -0.3 is 10.6 Å². The Bertz CT molecular complexity index is 378. The van der Waals surface area contributed by atoms with Crippen molar-refractivity contribution in [2.24, 2.45) is 5.92 Å². The second-order valence-electron chi connectivity index (χ2n) is 4.10. The Labute approximate surface area is 99.4 Å². The lowest BCUT2D eigenvalue weighted by Gasteiger charge is -2.21. The van der Waals surface area contributed by atoms with Gasteiger partial charge in [-0.15, -0.1) is 0 Å². The first kappa shape index (κ1) is 11.6. The summed E-state index contributed by atoms with van der Waals surface area (Å²) in [6, 6.07) is 1.85. The molecule has 6 nitrogen and oxygen atoms in total. The number of hydrogen-bond donors (Lipinski definition) is 2. The summed E-state index contributed by atoms with van der Waals surface area (Å²) in [4.78, 5) is 22.7. The third-order valence-corrected chi connectivity index (χ3v) is 2.84. The van der Waals surface area contributed by atoms with E-state index in [1.165, 1.54) is 0 Å². The van der Waals surface area contributed by atoms with Gasteiger partial charge in [-0.25, -0.2) is 0 Å². The molecule has 1 aliphatic heterocycles. The average molecular weight is 236 g/mol. The molecule has 0 saturated carbocycles. The Hall–Kier alpha value is -1.85. The van der Waals surface area contributed by atoms with Crippen LogP contribution in [0.4, 0.5) is 0 Å². The maximum atomic E-state index is 11.7. The maximum Gasteiger partial charge on any atom is 0.224 e. The molecule has 6 heteroatoms. The van der Waals surface area contributed by atoms with Crippen LogP contribution >= 0.6 is 0 Å². The van der Waals surface area contributed by atoms with Crippen LogP contribution in [0.25, 0.3) is 0 Å². The van der Waals surface area contributed by atoms with Crippen LogP contribution < -0.4 is 10.6 Å². The molecule has 2 N–H and O–H groups in total. The molecule has 0 bridgehead atoms. The summed E-state index contributed by atoms with van der Waals surface area (Å²) in [7, 11) is 0. The average Bonchev–Trinajstić information content (AvgIpc) is 2.83. The molecule has 1 fully saturated rings. The molecule has 2 heterocycles. The Balaban J connectivity index is 1.68. The third kappa shape index (κ3) is 3.30. The predicted molar refractivity (Wildman–Crippen MR) is 61.0 cm³/mol. The topological polar surface area (TPSA) is 76.0 Å². The Morgan fingerprint density at radius 2 is 2.53 bits per heavy atom. The van der Waals surface area contributed by atoms with E-state index in [0.29, 0.717) is 32.5 Å². The van der Waals surface area contributed by atoms with E-state index >= 15 is 0 Å². The van der Waals surface area contributed by atoms with Gasteiger partial charge in [0.1, 0.15) is 0 Å². The molecule has 1 aromatic heterocycles. The van der Waals surface area contributed by atoms with Gasteiger partial charge in [0.15, 0.2) is 0 Å². The number of amides is 2. The molecule has 1 saturated heterocycles. The summed E-state index contributed by atoms with van der Waals surface area (Å²) in [5, 5.41) is 9.60. The molecule has 92 valence electrons. The van der Waals surface area contributed by atoms with Gasteiger partial charge in [0.05, 0.1) is 12.5 Å². The fraction of sp³-hybridized carbons (Fsp3) is 0.545. The number of rotatable bonds is 4. The Morgan fingerprint density at radius 1 is 1.65 bits per heavy atom. The van der Waals surface area contributed by atoms with Crippen molar-refractivity contribution in [1.29, 1.82) is 0 Å². The van der Waals surface area contributed by atoms with Gasteiger partial charge in [0.25, 0.3) is 0 Å². The van der Waals surface area contributed by atoms with Gasteiger partial charge in [0.2, 0.25) is 11.8 Å². The Morgan fingerprint density at radius 3 is 3.18 bits per heavy atom. The summed E-state index contributed by atoms with van der Waals surface area (Å²) in [6.07, 6.45) is 4.64. The van der Waals surface area contributed by atoms with Gasteiger partial charge in [-0.05, 0) is 12.5 Å². The fourth-order valence-electron chi connectivity index (χ4n) is 1.83. The van der Waals surface area contributed by atoms with Crippen LogP contribution in [0.2, 0.25) is 0 Å². The number of hydrogen-bond acceptors (Lipinski definition) is 3. The monoisotopic (exact) mass is 236 g/mol. The molecule has 0 radical (unpaired) electrons. The smallest absolute Gasteiger partial charge is 0.224 e. The highest BCUT2D eigenvalue weighted by molar-refractivity contribution is 5.83. The minimum atomic E-state index is -0.0923. The zero-order valence-corrected chi connectivity index (χ0v) is 9.56. The first-order valence-electron chi connectivity index (χ1n) is 5.77. The minimum Gasteiger partial charge on any atom is -0.355 e. The summed E-state index contributed by atoms with van der Waals surface area (Å²) in [5.74, 6) is -0.0481. The third-order valence-electron chi connectivity index (χ3n) is 2.84. The lowest BCUT2D eigenvalue weighted by Crippen LogP contribution is -2.43. The van der Waals surface area contributed by atoms with Gasteiger partial charge in [-0.3, -0.25) is 14.3 Å². The van der Waals surface area contributed by atoms with Crippen molar-refractivity contribution in [3.63, 3.8) is 0 Å². The van der Waals surface area contributed by atoms with E-state index in [4.69, 9.17) is 0 Å². The minimum absolute atomic E-state index is 0.0113. The quantitative estimate of drug-likeness (QED) is 0.741. The van der Waals surface area contributed by atoms with Crippen LogP contribution in [-0.2, 0) is 16.1 Å². The van der Waals surface area contributed by atoms with Crippen molar-refractivity contribution in [2.75, 3.05) is 13.1 Å². The van der Waals surface area contributed by atoms with Crippen molar-refractivity contribution in [3.05, 3.63) is 18.5 Å². The molecule has 1 aromatic rings. The number of piperidine rings is 1. The number of carbonyl (C=O) groups excluding carboxylic acids is 2. The zero-order valence-electron chi connectivity index (χ0n) is 9.56. The van der Waals surface area contributed by atoms with E-state index in [1.54, 1.807) is 10.9 Å². The second kappa shape index (κ2) is 5.47. The SMILES string of the molecule is O=C1CCC(C(=O)NCCn2cccn2)CN1. The molecular formula is C11H16N4O2. The lowest BCUT2D eigenvalue weighted by molar-refractivity contribution is -0.128. The Kier molecular flexibility index (Phi) is 3.74. The number of carbonyl (C=O) groups is 2. The fourth-order valence-corrected chi connectivity index (χ4v) is 1.83. The van der Waals surface area contributed by atoms with Crippen LogP contribution in [0.5, 0.6) is 0 Å². The molecule has 2 amide bonds. The highest BCUT2D eigenvalue weighted by atomic mass is 16.2. The van der Waals surface area contributed by atoms with Gasteiger partial charge >= 0.3 is 0 Å². The van der Waals surface area contributed by atoms with E-state index in [2.05, 4.69) is 15.7 Å². The molecule has 1 unspecified atom stereocenters. The summed E-state index contributed by atoms with van der Waals surface area (Å²) in [6.45, 7) is 1.68.